The number of fused-ring (bicyclic) bond motifs is 2. The fraction of sp³-hybridized carbons (Fsp3) is 0.381. The van der Waals surface area contributed by atoms with Gasteiger partial charge in [-0.25, -0.2) is 9.97 Å². The van der Waals surface area contributed by atoms with Crippen molar-refractivity contribution in [2.24, 2.45) is 0 Å². The summed E-state index contributed by atoms with van der Waals surface area (Å²) in [7, 11) is 0. The van der Waals surface area contributed by atoms with Gasteiger partial charge in [0.05, 0.1) is 15.4 Å². The zero-order valence-electron chi connectivity index (χ0n) is 16.8. The van der Waals surface area contributed by atoms with Gasteiger partial charge < -0.3 is 18.8 Å². The third-order valence-electron chi connectivity index (χ3n) is 5.67. The van der Waals surface area contributed by atoms with Crippen LogP contribution >= 0.6 is 34.8 Å². The zero-order chi connectivity index (χ0) is 22.1. The van der Waals surface area contributed by atoms with E-state index in [9.17, 15) is 4.79 Å². The maximum atomic E-state index is 13.5. The highest BCUT2D eigenvalue weighted by Gasteiger charge is 2.66. The second-order valence-electron chi connectivity index (χ2n) is 8.25. The van der Waals surface area contributed by atoms with Crippen LogP contribution in [-0.4, -0.2) is 43.9 Å². The van der Waals surface area contributed by atoms with Crippen molar-refractivity contribution < 1.29 is 19.0 Å². The fourth-order valence-corrected chi connectivity index (χ4v) is 4.89. The highest BCUT2D eigenvalue weighted by atomic mass is 35.5. The Morgan fingerprint density at radius 1 is 1.10 bits per heavy atom. The molecule has 0 unspecified atom stereocenters. The number of carbonyl (C=O) groups excluding carboxylic acids is 1. The summed E-state index contributed by atoms with van der Waals surface area (Å²) in [5, 5.41) is 1.66. The third kappa shape index (κ3) is 3.26. The van der Waals surface area contributed by atoms with Crippen molar-refractivity contribution >= 4 is 51.6 Å². The van der Waals surface area contributed by atoms with Crippen molar-refractivity contribution in [2.45, 2.75) is 50.6 Å². The molecule has 0 aliphatic carbocycles. The molecule has 3 aromatic rings. The molecule has 2 aromatic heterocycles. The van der Waals surface area contributed by atoms with E-state index in [1.165, 1.54) is 12.4 Å². The van der Waals surface area contributed by atoms with Crippen molar-refractivity contribution in [3.63, 3.8) is 0 Å². The number of halogens is 3. The normalized spacial score (nSPS) is 29.4. The highest BCUT2D eigenvalue weighted by molar-refractivity contribution is 6.42. The largest absolute Gasteiger partial charge is 0.341 e. The number of hydrogen-bond acceptors (Lipinski definition) is 6. The lowest BCUT2D eigenvalue weighted by molar-refractivity contribution is -0.203. The molecule has 2 saturated heterocycles. The average Bonchev–Trinajstić information content (AvgIpc) is 3.31. The number of aromatic nitrogens is 3. The number of nitrogens with zero attached hydrogens (tertiary/aromatic N) is 3. The van der Waals surface area contributed by atoms with Gasteiger partial charge >= 0.3 is 0 Å². The van der Waals surface area contributed by atoms with Crippen LogP contribution in [0.3, 0.4) is 0 Å². The molecule has 0 bridgehead atoms. The molecule has 162 valence electrons. The van der Waals surface area contributed by atoms with E-state index in [2.05, 4.69) is 9.97 Å². The molecule has 0 saturated carbocycles. The first kappa shape index (κ1) is 21.1. The first-order valence-corrected chi connectivity index (χ1v) is 10.7. The lowest BCUT2D eigenvalue weighted by Crippen LogP contribution is -2.47. The molecule has 0 spiro atoms. The Hall–Kier alpha value is -1.74. The van der Waals surface area contributed by atoms with Crippen LogP contribution in [0.1, 0.15) is 37.4 Å². The van der Waals surface area contributed by atoms with Crippen LogP contribution in [0.5, 0.6) is 0 Å². The van der Waals surface area contributed by atoms with Gasteiger partial charge in [0, 0.05) is 11.8 Å². The molecule has 7 nitrogen and oxygen atoms in total. The lowest BCUT2D eigenvalue weighted by Gasteiger charge is -2.28. The fourth-order valence-electron chi connectivity index (χ4n) is 4.40. The molecular weight excluding hydrogens is 465 g/mol. The minimum absolute atomic E-state index is 0.279. The molecule has 31 heavy (non-hydrogen) atoms. The van der Waals surface area contributed by atoms with Crippen LogP contribution in [0.15, 0.2) is 36.8 Å². The maximum absolute atomic E-state index is 13.5. The molecule has 2 aliphatic rings. The van der Waals surface area contributed by atoms with Gasteiger partial charge in [0.25, 0.3) is 0 Å². The van der Waals surface area contributed by atoms with Gasteiger partial charge in [0.2, 0.25) is 0 Å². The Kier molecular flexibility index (Phi) is 4.86. The van der Waals surface area contributed by atoms with E-state index < -0.39 is 29.8 Å². The monoisotopic (exact) mass is 481 g/mol. The van der Waals surface area contributed by atoms with E-state index in [1.807, 2.05) is 6.92 Å². The van der Waals surface area contributed by atoms with Crippen LogP contribution in [0.2, 0.25) is 15.2 Å². The molecular formula is C21H18Cl3N3O4. The minimum Gasteiger partial charge on any atom is -0.341 e. The smallest absolute Gasteiger partial charge is 0.194 e. The standard InChI is InChI=1S/C21H18Cl3N3O4/c1-20(2)30-16-19(27-7-6-11-17(24)25-9-26-18(11)27)29-15(21(16,3)31-20)14(28)10-4-5-12(22)13(23)8-10/h4-9,15-16,19H,1-3H3/t15-,16+,19-,21-/m1/s1. The number of carbonyl (C=O) groups is 1. The van der Waals surface area contributed by atoms with Crippen LogP contribution in [0.4, 0.5) is 0 Å². The first-order chi connectivity index (χ1) is 14.6. The van der Waals surface area contributed by atoms with Gasteiger partial charge in [-0.1, -0.05) is 34.8 Å². The Balaban J connectivity index is 1.59. The third-order valence-corrected chi connectivity index (χ3v) is 6.71. The van der Waals surface area contributed by atoms with Crippen LogP contribution in [-0.2, 0) is 14.2 Å². The minimum atomic E-state index is -1.05. The average molecular weight is 483 g/mol. The molecule has 0 N–H and O–H groups in total. The highest BCUT2D eigenvalue weighted by Crippen LogP contribution is 2.51. The molecule has 5 rings (SSSR count). The Bertz CT molecular complexity index is 1210. The molecule has 0 radical (unpaired) electrons. The van der Waals surface area contributed by atoms with Crippen molar-refractivity contribution in [2.75, 3.05) is 0 Å². The topological polar surface area (TPSA) is 75.5 Å². The Labute approximate surface area is 193 Å². The van der Waals surface area contributed by atoms with Gasteiger partial charge in [0.1, 0.15) is 28.8 Å². The molecule has 0 amide bonds. The number of ether oxygens (including phenoxy) is 3. The summed E-state index contributed by atoms with van der Waals surface area (Å²) in [6.07, 6.45) is 0.965. The zero-order valence-corrected chi connectivity index (χ0v) is 19.1. The van der Waals surface area contributed by atoms with E-state index in [0.29, 0.717) is 26.8 Å². The first-order valence-electron chi connectivity index (χ1n) is 9.60. The predicted molar refractivity (Wildman–Crippen MR) is 116 cm³/mol. The number of Topliss-reactive ketones (excluding diaryl/α,β-unsaturated/α-hetero) is 1. The molecule has 1 aromatic carbocycles. The molecule has 4 heterocycles. The summed E-state index contributed by atoms with van der Waals surface area (Å²) in [5.41, 5.74) is -0.107. The molecule has 4 atom stereocenters. The summed E-state index contributed by atoms with van der Waals surface area (Å²) < 4.78 is 20.5. The van der Waals surface area contributed by atoms with Crippen molar-refractivity contribution in [3.05, 3.63) is 57.6 Å². The van der Waals surface area contributed by atoms with Gasteiger partial charge in [-0.2, -0.15) is 0 Å². The van der Waals surface area contributed by atoms with E-state index >= 15 is 0 Å². The van der Waals surface area contributed by atoms with E-state index in [0.717, 1.165) is 0 Å². The molecule has 10 heteroatoms. The number of hydrogen-bond donors (Lipinski definition) is 0. The van der Waals surface area contributed by atoms with Crippen molar-refractivity contribution in [1.29, 1.82) is 0 Å². The predicted octanol–water partition coefficient (Wildman–Crippen LogP) is 5.08. The van der Waals surface area contributed by atoms with Crippen molar-refractivity contribution in [1.82, 2.24) is 14.5 Å². The Morgan fingerprint density at radius 3 is 2.61 bits per heavy atom. The lowest BCUT2D eigenvalue weighted by atomic mass is 9.89. The maximum Gasteiger partial charge on any atom is 0.194 e. The van der Waals surface area contributed by atoms with E-state index in [-0.39, 0.29) is 10.8 Å². The molecule has 2 fully saturated rings. The van der Waals surface area contributed by atoms with Gasteiger partial charge in [0.15, 0.2) is 23.9 Å². The van der Waals surface area contributed by atoms with Gasteiger partial charge in [-0.05, 0) is 45.0 Å². The van der Waals surface area contributed by atoms with Gasteiger partial charge in [-0.3, -0.25) is 4.79 Å². The number of ketones is 1. The molecule has 2 aliphatic heterocycles. The summed E-state index contributed by atoms with van der Waals surface area (Å²) in [4.78, 5) is 21.8. The quantitative estimate of drug-likeness (QED) is 0.383. The summed E-state index contributed by atoms with van der Waals surface area (Å²) >= 11 is 18.4. The second-order valence-corrected chi connectivity index (χ2v) is 9.42. The van der Waals surface area contributed by atoms with E-state index in [4.69, 9.17) is 49.0 Å². The van der Waals surface area contributed by atoms with Crippen LogP contribution < -0.4 is 0 Å². The van der Waals surface area contributed by atoms with Gasteiger partial charge in [-0.15, -0.1) is 0 Å². The summed E-state index contributed by atoms with van der Waals surface area (Å²) in [6, 6.07) is 6.52. The van der Waals surface area contributed by atoms with Crippen LogP contribution in [0.25, 0.3) is 11.0 Å². The van der Waals surface area contributed by atoms with E-state index in [1.54, 1.807) is 42.8 Å². The summed E-state index contributed by atoms with van der Waals surface area (Å²) in [5.74, 6) is -1.19. The van der Waals surface area contributed by atoms with Crippen molar-refractivity contribution in [3.8, 4) is 0 Å². The summed E-state index contributed by atoms with van der Waals surface area (Å²) in [6.45, 7) is 5.43. The second kappa shape index (κ2) is 7.13. The number of benzene rings is 1. The SMILES string of the molecule is CC1(C)O[C@H]2[C@H](n3ccc4c(Cl)ncnc43)O[C@H](C(=O)c3ccc(Cl)c(Cl)c3)[C@@]2(C)O1. The Morgan fingerprint density at radius 2 is 1.87 bits per heavy atom. The van der Waals surface area contributed by atoms with Crippen LogP contribution in [0, 0.1) is 0 Å². The number of rotatable bonds is 3.